The summed E-state index contributed by atoms with van der Waals surface area (Å²) < 4.78 is 4.30. The molecule has 0 bridgehead atoms. The summed E-state index contributed by atoms with van der Waals surface area (Å²) in [4.78, 5) is 4.82. The maximum absolute atomic E-state index is 6.39. The van der Waals surface area contributed by atoms with Crippen LogP contribution in [0, 0.1) is 11.8 Å². The normalized spacial score (nSPS) is 24.0. The molecular formula is C16H25ClN4. The van der Waals surface area contributed by atoms with Gasteiger partial charge in [0.25, 0.3) is 0 Å². The first-order chi connectivity index (χ1) is 10.0. The summed E-state index contributed by atoms with van der Waals surface area (Å²) in [5, 5.41) is 4.54. The Kier molecular flexibility index (Phi) is 4.00. The quantitative estimate of drug-likeness (QED) is 0.798. The number of halogens is 1. The zero-order valence-electron chi connectivity index (χ0n) is 13.4. The fourth-order valence-corrected chi connectivity index (χ4v) is 3.87. The van der Waals surface area contributed by atoms with Gasteiger partial charge in [0.05, 0.1) is 11.1 Å². The highest BCUT2D eigenvalue weighted by molar-refractivity contribution is 6.20. The Labute approximate surface area is 131 Å². The lowest BCUT2D eigenvalue weighted by Gasteiger charge is -2.19. The van der Waals surface area contributed by atoms with Crippen molar-refractivity contribution in [2.24, 2.45) is 18.9 Å². The monoisotopic (exact) mass is 308 g/mol. The predicted molar refractivity (Wildman–Crippen MR) is 86.7 cm³/mol. The summed E-state index contributed by atoms with van der Waals surface area (Å²) in [6, 6.07) is 0. The van der Waals surface area contributed by atoms with Crippen molar-refractivity contribution in [1.82, 2.24) is 19.3 Å². The van der Waals surface area contributed by atoms with Gasteiger partial charge in [-0.15, -0.1) is 11.6 Å². The van der Waals surface area contributed by atoms with Crippen LogP contribution in [0.1, 0.15) is 56.9 Å². The molecule has 21 heavy (non-hydrogen) atoms. The smallest absolute Gasteiger partial charge is 0.158 e. The molecule has 2 aromatic rings. The molecule has 0 saturated heterocycles. The molecule has 1 aliphatic rings. The number of rotatable bonds is 4. The van der Waals surface area contributed by atoms with Crippen LogP contribution >= 0.6 is 11.6 Å². The number of aromatic nitrogens is 4. The number of hydrogen-bond donors (Lipinski definition) is 0. The van der Waals surface area contributed by atoms with E-state index < -0.39 is 0 Å². The van der Waals surface area contributed by atoms with Crippen LogP contribution in [0.2, 0.25) is 0 Å². The molecule has 0 aromatic carbocycles. The van der Waals surface area contributed by atoms with E-state index in [2.05, 4.69) is 23.5 Å². The van der Waals surface area contributed by atoms with Crippen LogP contribution < -0.4 is 0 Å². The summed E-state index contributed by atoms with van der Waals surface area (Å²) in [5.74, 6) is 2.52. The number of nitrogens with zero attached hydrogens (tertiary/aromatic N) is 4. The predicted octanol–water partition coefficient (Wildman–Crippen LogP) is 4.07. The van der Waals surface area contributed by atoms with Crippen LogP contribution in [-0.2, 0) is 20.0 Å². The van der Waals surface area contributed by atoms with E-state index in [1.165, 1.54) is 19.3 Å². The van der Waals surface area contributed by atoms with Gasteiger partial charge in [-0.2, -0.15) is 5.10 Å². The van der Waals surface area contributed by atoms with Crippen molar-refractivity contribution in [2.45, 2.75) is 58.4 Å². The maximum atomic E-state index is 6.39. The molecule has 0 spiro atoms. The van der Waals surface area contributed by atoms with Crippen LogP contribution in [0.5, 0.6) is 0 Å². The van der Waals surface area contributed by atoms with E-state index >= 15 is 0 Å². The van der Waals surface area contributed by atoms with Gasteiger partial charge in [0.2, 0.25) is 0 Å². The third-order valence-electron chi connectivity index (χ3n) is 4.97. The van der Waals surface area contributed by atoms with Gasteiger partial charge in [-0.25, -0.2) is 4.98 Å². The molecule has 0 aliphatic heterocycles. The van der Waals surface area contributed by atoms with E-state index in [-0.39, 0.29) is 5.38 Å². The van der Waals surface area contributed by atoms with E-state index in [0.717, 1.165) is 47.5 Å². The van der Waals surface area contributed by atoms with Crippen LogP contribution in [0.3, 0.4) is 0 Å². The van der Waals surface area contributed by atoms with Gasteiger partial charge in [0, 0.05) is 13.6 Å². The highest BCUT2D eigenvalue weighted by atomic mass is 35.5. The lowest BCUT2D eigenvalue weighted by Crippen LogP contribution is -2.17. The molecule has 2 aromatic heterocycles. The minimum atomic E-state index is -0.0705. The first kappa shape index (κ1) is 14.9. The second-order valence-corrected chi connectivity index (χ2v) is 7.12. The van der Waals surface area contributed by atoms with Crippen molar-refractivity contribution in [3.8, 4) is 0 Å². The molecule has 3 atom stereocenters. The summed E-state index contributed by atoms with van der Waals surface area (Å²) in [5.41, 5.74) is 3.24. The number of imidazole rings is 1. The SMILES string of the molecule is CCc1nn(C)c2c1nc(C(C)Cl)n2CC1CCCC1C. The molecule has 5 heteroatoms. The van der Waals surface area contributed by atoms with Gasteiger partial charge < -0.3 is 4.57 Å². The van der Waals surface area contributed by atoms with Crippen molar-refractivity contribution in [3.63, 3.8) is 0 Å². The zero-order chi connectivity index (χ0) is 15.1. The highest BCUT2D eigenvalue weighted by Gasteiger charge is 2.28. The third-order valence-corrected chi connectivity index (χ3v) is 5.16. The first-order valence-corrected chi connectivity index (χ1v) is 8.52. The molecule has 4 nitrogen and oxygen atoms in total. The van der Waals surface area contributed by atoms with Crippen molar-refractivity contribution < 1.29 is 0 Å². The Hall–Kier alpha value is -1.03. The number of fused-ring (bicyclic) bond motifs is 1. The second kappa shape index (κ2) is 5.64. The topological polar surface area (TPSA) is 35.6 Å². The molecule has 116 valence electrons. The summed E-state index contributed by atoms with van der Waals surface area (Å²) in [6.07, 6.45) is 4.92. The molecule has 0 radical (unpaired) electrons. The van der Waals surface area contributed by atoms with Crippen LogP contribution in [-0.4, -0.2) is 19.3 Å². The molecule has 0 amide bonds. The lowest BCUT2D eigenvalue weighted by atomic mass is 9.98. The van der Waals surface area contributed by atoms with Gasteiger partial charge in [0.1, 0.15) is 11.3 Å². The van der Waals surface area contributed by atoms with Gasteiger partial charge in [-0.05, 0) is 31.6 Å². The number of aryl methyl sites for hydroxylation is 2. The van der Waals surface area contributed by atoms with Crippen molar-refractivity contribution in [2.75, 3.05) is 0 Å². The van der Waals surface area contributed by atoms with Crippen LogP contribution in [0.4, 0.5) is 0 Å². The minimum Gasteiger partial charge on any atom is -0.311 e. The Morgan fingerprint density at radius 1 is 1.38 bits per heavy atom. The molecule has 1 saturated carbocycles. The van der Waals surface area contributed by atoms with Crippen molar-refractivity contribution in [1.29, 1.82) is 0 Å². The fraction of sp³-hybridized carbons (Fsp3) is 0.750. The standard InChI is InChI=1S/C16H25ClN4/c1-5-13-14-16(20(4)19-13)21(15(18-14)11(3)17)9-12-8-6-7-10(12)2/h10-12H,5-9H2,1-4H3. The molecule has 1 aliphatic carbocycles. The summed E-state index contributed by atoms with van der Waals surface area (Å²) in [6.45, 7) is 7.53. The average molecular weight is 309 g/mol. The van der Waals surface area contributed by atoms with Gasteiger partial charge >= 0.3 is 0 Å². The largest absolute Gasteiger partial charge is 0.311 e. The number of hydrogen-bond acceptors (Lipinski definition) is 2. The van der Waals surface area contributed by atoms with Gasteiger partial charge in [-0.1, -0.05) is 26.7 Å². The van der Waals surface area contributed by atoms with E-state index in [1.54, 1.807) is 0 Å². The Balaban J connectivity index is 2.09. The van der Waals surface area contributed by atoms with E-state index in [4.69, 9.17) is 16.6 Å². The second-order valence-electron chi connectivity index (χ2n) is 6.46. The minimum absolute atomic E-state index is 0.0705. The molecule has 0 N–H and O–H groups in total. The van der Waals surface area contributed by atoms with Crippen LogP contribution in [0.25, 0.3) is 11.2 Å². The summed E-state index contributed by atoms with van der Waals surface area (Å²) in [7, 11) is 2.01. The van der Waals surface area contributed by atoms with Crippen LogP contribution in [0.15, 0.2) is 0 Å². The molecular weight excluding hydrogens is 284 g/mol. The zero-order valence-corrected chi connectivity index (χ0v) is 14.2. The first-order valence-electron chi connectivity index (χ1n) is 8.09. The molecule has 3 rings (SSSR count). The maximum Gasteiger partial charge on any atom is 0.158 e. The van der Waals surface area contributed by atoms with Gasteiger partial charge in [-0.3, -0.25) is 4.68 Å². The average Bonchev–Trinajstić information content (AvgIpc) is 3.08. The Morgan fingerprint density at radius 3 is 2.71 bits per heavy atom. The molecule has 1 fully saturated rings. The lowest BCUT2D eigenvalue weighted by molar-refractivity contribution is 0.361. The van der Waals surface area contributed by atoms with Crippen molar-refractivity contribution >= 4 is 22.8 Å². The summed E-state index contributed by atoms with van der Waals surface area (Å²) >= 11 is 6.39. The molecule has 3 unspecified atom stereocenters. The van der Waals surface area contributed by atoms with E-state index in [9.17, 15) is 0 Å². The number of alkyl halides is 1. The van der Waals surface area contributed by atoms with Crippen molar-refractivity contribution in [3.05, 3.63) is 11.5 Å². The third kappa shape index (κ3) is 2.48. The Bertz CT molecular complexity index is 640. The highest BCUT2D eigenvalue weighted by Crippen LogP contribution is 2.35. The fourth-order valence-electron chi connectivity index (χ4n) is 3.71. The molecule has 2 heterocycles. The van der Waals surface area contributed by atoms with E-state index in [1.807, 2.05) is 18.7 Å². The Morgan fingerprint density at radius 2 is 2.14 bits per heavy atom. The van der Waals surface area contributed by atoms with E-state index in [0.29, 0.717) is 0 Å². The van der Waals surface area contributed by atoms with Gasteiger partial charge in [0.15, 0.2) is 5.65 Å².